The Morgan fingerprint density at radius 3 is 2.85 bits per heavy atom. The van der Waals surface area contributed by atoms with Crippen LogP contribution in [0.15, 0.2) is 0 Å². The van der Waals surface area contributed by atoms with Crippen LogP contribution in [-0.4, -0.2) is 28.7 Å². The third-order valence-electron chi connectivity index (χ3n) is 1.95. The summed E-state index contributed by atoms with van der Waals surface area (Å²) in [6, 6.07) is 0. The maximum absolute atomic E-state index is 5.52. The van der Waals surface area contributed by atoms with E-state index in [9.17, 15) is 0 Å². The van der Waals surface area contributed by atoms with Crippen molar-refractivity contribution in [3.8, 4) is 0 Å². The summed E-state index contributed by atoms with van der Waals surface area (Å²) in [6.45, 7) is 3.92. The summed E-state index contributed by atoms with van der Waals surface area (Å²) < 4.78 is 6.82. The number of nitrogens with two attached hydrogens (primary N) is 1. The van der Waals surface area contributed by atoms with Crippen LogP contribution in [0.2, 0.25) is 0 Å². The Morgan fingerprint density at radius 1 is 1.54 bits per heavy atom. The lowest BCUT2D eigenvalue weighted by Crippen LogP contribution is -2.10. The molecule has 5 nitrogen and oxygen atoms in total. The number of ether oxygens (including phenoxy) is 1. The molecule has 1 rings (SSSR count). The van der Waals surface area contributed by atoms with Crippen LogP contribution < -0.4 is 5.73 Å². The largest absolute Gasteiger partial charge is 0.383 e. The Balaban J connectivity index is 2.75. The van der Waals surface area contributed by atoms with Gasteiger partial charge >= 0.3 is 0 Å². The zero-order valence-electron chi connectivity index (χ0n) is 8.16. The minimum atomic E-state index is 0.455. The van der Waals surface area contributed by atoms with Crippen LogP contribution in [-0.2, 0) is 24.2 Å². The van der Waals surface area contributed by atoms with Gasteiger partial charge in [0.2, 0.25) is 0 Å². The minimum absolute atomic E-state index is 0.455. The van der Waals surface area contributed by atoms with E-state index in [0.717, 1.165) is 24.4 Å². The molecule has 13 heavy (non-hydrogen) atoms. The van der Waals surface area contributed by atoms with Gasteiger partial charge < -0.3 is 10.5 Å². The highest BCUT2D eigenvalue weighted by molar-refractivity contribution is 5.09. The van der Waals surface area contributed by atoms with E-state index in [-0.39, 0.29) is 0 Å². The van der Waals surface area contributed by atoms with Gasteiger partial charge in [-0.1, -0.05) is 12.1 Å². The highest BCUT2D eigenvalue weighted by Crippen LogP contribution is 2.04. The van der Waals surface area contributed by atoms with E-state index < -0.39 is 0 Å². The zero-order chi connectivity index (χ0) is 9.68. The summed E-state index contributed by atoms with van der Waals surface area (Å²) in [6.07, 6.45) is 0.906. The number of nitrogens with zero attached hydrogens (tertiary/aromatic N) is 3. The molecule has 0 radical (unpaired) electrons. The highest BCUT2D eigenvalue weighted by atomic mass is 16.5. The number of rotatable bonds is 5. The molecule has 5 heteroatoms. The van der Waals surface area contributed by atoms with Gasteiger partial charge in [0, 0.05) is 13.7 Å². The van der Waals surface area contributed by atoms with Crippen LogP contribution in [0.3, 0.4) is 0 Å². The maximum Gasteiger partial charge on any atom is 0.0994 e. The molecule has 1 heterocycles. The summed E-state index contributed by atoms with van der Waals surface area (Å²) >= 11 is 0. The van der Waals surface area contributed by atoms with Gasteiger partial charge in [-0.25, -0.2) is 4.68 Å². The second-order valence-electron chi connectivity index (χ2n) is 2.76. The van der Waals surface area contributed by atoms with Crippen molar-refractivity contribution in [1.29, 1.82) is 0 Å². The molecule has 0 aliphatic carbocycles. The Kier molecular flexibility index (Phi) is 3.85. The smallest absolute Gasteiger partial charge is 0.0994 e. The fourth-order valence-electron chi connectivity index (χ4n) is 1.27. The molecule has 0 saturated heterocycles. The van der Waals surface area contributed by atoms with Gasteiger partial charge in [0.1, 0.15) is 0 Å². The lowest BCUT2D eigenvalue weighted by atomic mass is 10.2. The summed E-state index contributed by atoms with van der Waals surface area (Å²) in [4.78, 5) is 0. The van der Waals surface area contributed by atoms with Crippen molar-refractivity contribution in [2.24, 2.45) is 5.73 Å². The molecule has 0 aliphatic rings. The van der Waals surface area contributed by atoms with Crippen LogP contribution in [0.1, 0.15) is 18.3 Å². The average molecular weight is 184 g/mol. The fourth-order valence-corrected chi connectivity index (χ4v) is 1.27. The lowest BCUT2D eigenvalue weighted by Gasteiger charge is -2.03. The van der Waals surface area contributed by atoms with Crippen molar-refractivity contribution < 1.29 is 4.74 Å². The van der Waals surface area contributed by atoms with E-state index in [4.69, 9.17) is 10.5 Å². The molecule has 0 unspecified atom stereocenters. The van der Waals surface area contributed by atoms with E-state index in [2.05, 4.69) is 17.2 Å². The topological polar surface area (TPSA) is 66.0 Å². The van der Waals surface area contributed by atoms with Gasteiger partial charge in [-0.2, -0.15) is 0 Å². The second-order valence-corrected chi connectivity index (χ2v) is 2.76. The van der Waals surface area contributed by atoms with Gasteiger partial charge in [0.25, 0.3) is 0 Å². The molecule has 0 fully saturated rings. The standard InChI is InChI=1S/C8H16N4O/c1-3-8-7(6-9)10-11-12(8)4-5-13-2/h3-6,9H2,1-2H3. The average Bonchev–Trinajstić information content (AvgIpc) is 2.56. The number of methoxy groups -OCH3 is 1. The van der Waals surface area contributed by atoms with Crippen LogP contribution in [0, 0.1) is 0 Å². The second kappa shape index (κ2) is 4.94. The molecule has 0 spiro atoms. The molecule has 0 aromatic carbocycles. The Labute approximate surface area is 77.9 Å². The zero-order valence-corrected chi connectivity index (χ0v) is 8.16. The number of hydrogen-bond donors (Lipinski definition) is 1. The van der Waals surface area contributed by atoms with Crippen molar-refractivity contribution >= 4 is 0 Å². The monoisotopic (exact) mass is 184 g/mol. The maximum atomic E-state index is 5.52. The molecule has 1 aromatic heterocycles. The van der Waals surface area contributed by atoms with Gasteiger partial charge in [-0.3, -0.25) is 0 Å². The first-order valence-corrected chi connectivity index (χ1v) is 4.43. The predicted octanol–water partition coefficient (Wildman–Crippen LogP) is -0.0544. The van der Waals surface area contributed by atoms with Crippen LogP contribution in [0.25, 0.3) is 0 Å². The number of hydrogen-bond acceptors (Lipinski definition) is 4. The van der Waals surface area contributed by atoms with Crippen LogP contribution >= 0.6 is 0 Å². The van der Waals surface area contributed by atoms with Crippen molar-refractivity contribution in [1.82, 2.24) is 15.0 Å². The normalized spacial score (nSPS) is 10.7. The molecule has 2 N–H and O–H groups in total. The number of aromatic nitrogens is 3. The predicted molar refractivity (Wildman–Crippen MR) is 49.2 cm³/mol. The van der Waals surface area contributed by atoms with E-state index >= 15 is 0 Å². The molecular formula is C8H16N4O. The third-order valence-corrected chi connectivity index (χ3v) is 1.95. The fraction of sp³-hybridized carbons (Fsp3) is 0.750. The molecule has 74 valence electrons. The van der Waals surface area contributed by atoms with Crippen LogP contribution in [0.5, 0.6) is 0 Å². The Bertz CT molecular complexity index is 259. The quantitative estimate of drug-likeness (QED) is 0.696. The van der Waals surface area contributed by atoms with Crippen molar-refractivity contribution in [3.05, 3.63) is 11.4 Å². The van der Waals surface area contributed by atoms with E-state index in [1.165, 1.54) is 0 Å². The molecule has 1 aromatic rings. The first kappa shape index (κ1) is 10.1. The third kappa shape index (κ3) is 2.26. The molecular weight excluding hydrogens is 168 g/mol. The van der Waals surface area contributed by atoms with E-state index in [0.29, 0.717) is 13.2 Å². The van der Waals surface area contributed by atoms with Crippen molar-refractivity contribution in [3.63, 3.8) is 0 Å². The first-order valence-electron chi connectivity index (χ1n) is 4.43. The molecule has 0 saturated carbocycles. The molecule has 0 amide bonds. The Morgan fingerprint density at radius 2 is 2.31 bits per heavy atom. The summed E-state index contributed by atoms with van der Waals surface area (Å²) in [5.74, 6) is 0. The lowest BCUT2D eigenvalue weighted by molar-refractivity contribution is 0.182. The minimum Gasteiger partial charge on any atom is -0.383 e. The SMILES string of the molecule is CCc1c(CN)nnn1CCOC. The molecule has 0 bridgehead atoms. The summed E-state index contributed by atoms with van der Waals surface area (Å²) in [7, 11) is 1.67. The van der Waals surface area contributed by atoms with Crippen molar-refractivity contribution in [2.45, 2.75) is 26.4 Å². The van der Waals surface area contributed by atoms with Gasteiger partial charge in [0.05, 0.1) is 24.5 Å². The Hall–Kier alpha value is -0.940. The summed E-state index contributed by atoms with van der Waals surface area (Å²) in [5.41, 5.74) is 7.52. The van der Waals surface area contributed by atoms with Crippen molar-refractivity contribution in [2.75, 3.05) is 13.7 Å². The van der Waals surface area contributed by atoms with E-state index in [1.807, 2.05) is 4.68 Å². The molecule has 0 aliphatic heterocycles. The highest BCUT2D eigenvalue weighted by Gasteiger charge is 2.08. The molecule has 0 atom stereocenters. The van der Waals surface area contributed by atoms with Crippen LogP contribution in [0.4, 0.5) is 0 Å². The van der Waals surface area contributed by atoms with Gasteiger partial charge in [0.15, 0.2) is 0 Å². The summed E-state index contributed by atoms with van der Waals surface area (Å²) in [5, 5.41) is 7.99. The van der Waals surface area contributed by atoms with E-state index in [1.54, 1.807) is 7.11 Å². The first-order chi connectivity index (χ1) is 6.33. The van der Waals surface area contributed by atoms with Gasteiger partial charge in [-0.05, 0) is 6.42 Å². The van der Waals surface area contributed by atoms with Gasteiger partial charge in [-0.15, -0.1) is 5.10 Å².